The summed E-state index contributed by atoms with van der Waals surface area (Å²) in [6.07, 6.45) is 4.85. The average molecular weight is 433 g/mol. The van der Waals surface area contributed by atoms with Crippen molar-refractivity contribution in [2.24, 2.45) is 5.73 Å². The summed E-state index contributed by atoms with van der Waals surface area (Å²) in [5.41, 5.74) is 8.52. The van der Waals surface area contributed by atoms with Crippen molar-refractivity contribution in [3.05, 3.63) is 71.2 Å². The molecule has 2 aliphatic rings. The van der Waals surface area contributed by atoms with E-state index in [2.05, 4.69) is 10.3 Å². The van der Waals surface area contributed by atoms with Crippen molar-refractivity contribution < 1.29 is 18.7 Å². The number of nitrogens with two attached hydrogens (primary N) is 1. The number of primary amides is 1. The van der Waals surface area contributed by atoms with Gasteiger partial charge in [-0.2, -0.15) is 0 Å². The first kappa shape index (κ1) is 20.3. The molecule has 0 atom stereocenters. The lowest BCUT2D eigenvalue weighted by Crippen LogP contribution is -2.19. The second-order valence-corrected chi connectivity index (χ2v) is 8.17. The second kappa shape index (κ2) is 8.49. The van der Waals surface area contributed by atoms with E-state index in [0.717, 1.165) is 30.4 Å². The maximum Gasteiger partial charge on any atom is 0.248 e. The van der Waals surface area contributed by atoms with Crippen LogP contribution < -0.4 is 20.5 Å². The lowest BCUT2D eigenvalue weighted by Gasteiger charge is -2.28. The van der Waals surface area contributed by atoms with Crippen LogP contribution in [0.2, 0.25) is 0 Å². The molecule has 0 unspecified atom stereocenters. The molecule has 0 radical (unpaired) electrons. The molecule has 1 fully saturated rings. The molecule has 1 amide bonds. The second-order valence-electron chi connectivity index (χ2n) is 8.17. The van der Waals surface area contributed by atoms with Crippen molar-refractivity contribution in [3.8, 4) is 22.6 Å². The molecule has 2 heterocycles. The zero-order chi connectivity index (χ0) is 22.1. The number of aromatic nitrogens is 1. The normalized spacial score (nSPS) is 15.2. The molecule has 0 bridgehead atoms. The number of benzene rings is 2. The number of fused-ring (bicyclic) bond motifs is 1. The Balaban J connectivity index is 1.46. The summed E-state index contributed by atoms with van der Waals surface area (Å²) < 4.78 is 27.5. The Labute approximate surface area is 185 Å². The number of ether oxygens (including phenoxy) is 2. The molecule has 1 aliphatic carbocycles. The van der Waals surface area contributed by atoms with E-state index in [1.165, 1.54) is 0 Å². The molecule has 6 nitrogen and oxygen atoms in total. The summed E-state index contributed by atoms with van der Waals surface area (Å²) in [5, 5.41) is 3.17. The summed E-state index contributed by atoms with van der Waals surface area (Å²) in [7, 11) is 0. The highest BCUT2D eigenvalue weighted by atomic mass is 19.1. The van der Waals surface area contributed by atoms with E-state index >= 15 is 4.39 Å². The van der Waals surface area contributed by atoms with E-state index < -0.39 is 11.7 Å². The van der Waals surface area contributed by atoms with Gasteiger partial charge in [-0.1, -0.05) is 30.7 Å². The Morgan fingerprint density at radius 3 is 2.75 bits per heavy atom. The van der Waals surface area contributed by atoms with Gasteiger partial charge in [-0.25, -0.2) is 9.37 Å². The van der Waals surface area contributed by atoms with E-state index in [-0.39, 0.29) is 12.4 Å². The third-order valence-electron chi connectivity index (χ3n) is 6.11. The van der Waals surface area contributed by atoms with Gasteiger partial charge in [0.25, 0.3) is 0 Å². The quantitative estimate of drug-likeness (QED) is 0.592. The van der Waals surface area contributed by atoms with Gasteiger partial charge in [-0.3, -0.25) is 4.79 Å². The Morgan fingerprint density at radius 1 is 1.22 bits per heavy atom. The fourth-order valence-electron chi connectivity index (χ4n) is 4.07. The van der Waals surface area contributed by atoms with Crippen LogP contribution >= 0.6 is 0 Å². The Hall–Kier alpha value is -3.61. The molecule has 0 spiro atoms. The third kappa shape index (κ3) is 3.86. The Morgan fingerprint density at radius 2 is 2.03 bits per heavy atom. The van der Waals surface area contributed by atoms with Gasteiger partial charge in [0, 0.05) is 28.5 Å². The summed E-state index contributed by atoms with van der Waals surface area (Å²) in [6, 6.07) is 12.4. The summed E-state index contributed by atoms with van der Waals surface area (Å²) >= 11 is 0. The SMILES string of the molecule is NC(=O)c1ccc(COc2c(C3CCC3)ccc(-c3cnc4c(c3)OCCN4)c2F)cc1. The van der Waals surface area contributed by atoms with Crippen molar-refractivity contribution in [3.63, 3.8) is 0 Å². The smallest absolute Gasteiger partial charge is 0.248 e. The highest BCUT2D eigenvalue weighted by Crippen LogP contribution is 2.44. The minimum atomic E-state index is -0.485. The van der Waals surface area contributed by atoms with Crippen LogP contribution in [0.3, 0.4) is 0 Å². The number of carbonyl (C=O) groups is 1. The Kier molecular flexibility index (Phi) is 5.39. The standard InChI is InChI=1S/C25H24FN3O3/c26-22-19(18-12-21-25(29-13-18)28-10-11-31-21)8-9-20(16-2-1-3-16)23(22)32-14-15-4-6-17(7-5-15)24(27)30/h4-9,12-13,16H,1-3,10-11,14H2,(H2,27,30)(H,28,29). The lowest BCUT2D eigenvalue weighted by molar-refractivity contribution is 0.1000. The molecule has 3 aromatic rings. The molecule has 1 aromatic heterocycles. The number of rotatable bonds is 6. The first-order chi connectivity index (χ1) is 15.6. The highest BCUT2D eigenvalue weighted by Gasteiger charge is 2.27. The van der Waals surface area contributed by atoms with Crippen molar-refractivity contribution >= 4 is 11.7 Å². The molecule has 2 aromatic carbocycles. The van der Waals surface area contributed by atoms with Gasteiger partial charge in [0.1, 0.15) is 13.2 Å². The predicted molar refractivity (Wildman–Crippen MR) is 119 cm³/mol. The van der Waals surface area contributed by atoms with Crippen LogP contribution in [0.15, 0.2) is 48.7 Å². The molecular formula is C25H24FN3O3. The number of halogens is 1. The van der Waals surface area contributed by atoms with E-state index in [4.69, 9.17) is 15.2 Å². The number of anilines is 1. The van der Waals surface area contributed by atoms with Crippen LogP contribution in [-0.4, -0.2) is 24.0 Å². The summed E-state index contributed by atoms with van der Waals surface area (Å²) in [5.74, 6) is 0.994. The van der Waals surface area contributed by atoms with Gasteiger partial charge in [0.2, 0.25) is 5.91 Å². The number of hydrogen-bond donors (Lipinski definition) is 2. The van der Waals surface area contributed by atoms with Crippen LogP contribution in [0.1, 0.15) is 46.7 Å². The number of amides is 1. The van der Waals surface area contributed by atoms with E-state index in [0.29, 0.717) is 47.3 Å². The van der Waals surface area contributed by atoms with Gasteiger partial charge in [0.15, 0.2) is 23.1 Å². The van der Waals surface area contributed by atoms with Gasteiger partial charge >= 0.3 is 0 Å². The molecule has 1 saturated carbocycles. The molecule has 164 valence electrons. The van der Waals surface area contributed by atoms with Gasteiger partial charge in [0.05, 0.1) is 6.54 Å². The number of pyridine rings is 1. The highest BCUT2D eigenvalue weighted by molar-refractivity contribution is 5.92. The monoisotopic (exact) mass is 433 g/mol. The van der Waals surface area contributed by atoms with Crippen molar-refractivity contribution in [2.45, 2.75) is 31.8 Å². The van der Waals surface area contributed by atoms with E-state index in [1.54, 1.807) is 36.5 Å². The first-order valence-corrected chi connectivity index (χ1v) is 10.8. The predicted octanol–water partition coefficient (Wildman–Crippen LogP) is 4.64. The van der Waals surface area contributed by atoms with Crippen molar-refractivity contribution in [2.75, 3.05) is 18.5 Å². The molecule has 1 aliphatic heterocycles. The number of carbonyl (C=O) groups excluding carboxylic acids is 1. The van der Waals surface area contributed by atoms with Crippen molar-refractivity contribution in [1.29, 1.82) is 0 Å². The Bertz CT molecular complexity index is 1160. The topological polar surface area (TPSA) is 86.5 Å². The largest absolute Gasteiger partial charge is 0.488 e. The first-order valence-electron chi connectivity index (χ1n) is 10.8. The lowest BCUT2D eigenvalue weighted by atomic mass is 9.79. The van der Waals surface area contributed by atoms with Gasteiger partial charge < -0.3 is 20.5 Å². The van der Waals surface area contributed by atoms with E-state index in [1.807, 2.05) is 12.1 Å². The maximum absolute atomic E-state index is 15.8. The van der Waals surface area contributed by atoms with Gasteiger partial charge in [-0.05, 0) is 42.5 Å². The molecular weight excluding hydrogens is 409 g/mol. The van der Waals surface area contributed by atoms with Gasteiger partial charge in [-0.15, -0.1) is 0 Å². The van der Waals surface area contributed by atoms with Crippen LogP contribution in [0.4, 0.5) is 10.2 Å². The molecule has 7 heteroatoms. The molecule has 5 rings (SSSR count). The minimum Gasteiger partial charge on any atom is -0.488 e. The van der Waals surface area contributed by atoms with Crippen LogP contribution in [-0.2, 0) is 6.61 Å². The fraction of sp³-hybridized carbons (Fsp3) is 0.280. The average Bonchev–Trinajstić information content (AvgIpc) is 2.77. The number of nitrogens with zero attached hydrogens (tertiary/aromatic N) is 1. The summed E-state index contributed by atoms with van der Waals surface area (Å²) in [6.45, 7) is 1.43. The summed E-state index contributed by atoms with van der Waals surface area (Å²) in [4.78, 5) is 15.7. The molecule has 3 N–H and O–H groups in total. The van der Waals surface area contributed by atoms with E-state index in [9.17, 15) is 4.79 Å². The minimum absolute atomic E-state index is 0.189. The zero-order valence-electron chi connectivity index (χ0n) is 17.6. The fourth-order valence-corrected chi connectivity index (χ4v) is 4.07. The third-order valence-corrected chi connectivity index (χ3v) is 6.11. The van der Waals surface area contributed by atoms with Crippen LogP contribution in [0.25, 0.3) is 11.1 Å². The molecule has 32 heavy (non-hydrogen) atoms. The number of hydrogen-bond acceptors (Lipinski definition) is 5. The van der Waals surface area contributed by atoms with Crippen LogP contribution in [0, 0.1) is 5.82 Å². The maximum atomic E-state index is 15.8. The zero-order valence-corrected chi connectivity index (χ0v) is 17.6. The molecule has 0 saturated heterocycles. The van der Waals surface area contributed by atoms with Crippen LogP contribution in [0.5, 0.6) is 11.5 Å². The van der Waals surface area contributed by atoms with Crippen molar-refractivity contribution in [1.82, 2.24) is 4.98 Å². The number of nitrogens with one attached hydrogen (secondary N) is 1.